The van der Waals surface area contributed by atoms with E-state index in [9.17, 15) is 0 Å². The lowest BCUT2D eigenvalue weighted by atomic mass is 10.2. The highest BCUT2D eigenvalue weighted by Gasteiger charge is 2.11. The van der Waals surface area contributed by atoms with Crippen molar-refractivity contribution in [2.24, 2.45) is 0 Å². The lowest BCUT2D eigenvalue weighted by Gasteiger charge is -2.18. The van der Waals surface area contributed by atoms with Crippen LogP contribution in [-0.2, 0) is 0 Å². The van der Waals surface area contributed by atoms with E-state index in [0.717, 1.165) is 0 Å². The minimum atomic E-state index is 1.17. The summed E-state index contributed by atoms with van der Waals surface area (Å²) in [7, 11) is 0. The number of nitrogens with zero attached hydrogens (tertiary/aromatic N) is 1. The molecule has 1 aliphatic heterocycles. The van der Waals surface area contributed by atoms with Crippen LogP contribution in [0.5, 0.6) is 0 Å². The second-order valence-electron chi connectivity index (χ2n) is 3.71. The summed E-state index contributed by atoms with van der Waals surface area (Å²) >= 11 is 0. The predicted octanol–water partition coefficient (Wildman–Crippen LogP) is 4.53. The maximum atomic E-state index is 3.71. The number of hydrogen-bond acceptors (Lipinski definition) is 1. The highest BCUT2D eigenvalue weighted by molar-refractivity contribution is 5.21. The lowest BCUT2D eigenvalue weighted by Crippen LogP contribution is -2.17. The quantitative estimate of drug-likeness (QED) is 0.616. The molecular weight excluding hydrogens is 194 g/mol. The molecule has 0 bridgehead atoms. The number of rotatable bonds is 5. The third-order valence-corrected chi connectivity index (χ3v) is 2.52. The van der Waals surface area contributed by atoms with E-state index in [-0.39, 0.29) is 0 Å². The van der Waals surface area contributed by atoms with E-state index in [1.54, 1.807) is 0 Å². The van der Waals surface area contributed by atoms with Crippen molar-refractivity contribution >= 4 is 0 Å². The maximum Gasteiger partial charge on any atom is 0.0325 e. The summed E-state index contributed by atoms with van der Waals surface area (Å²) in [6, 6.07) is 0. The summed E-state index contributed by atoms with van der Waals surface area (Å²) in [5, 5.41) is 0. The van der Waals surface area contributed by atoms with Gasteiger partial charge in [0.1, 0.15) is 0 Å². The Kier molecular flexibility index (Phi) is 9.89. The highest BCUT2D eigenvalue weighted by atomic mass is 15.1. The molecular formula is C15H27N. The van der Waals surface area contributed by atoms with Gasteiger partial charge >= 0.3 is 0 Å². The SMILES string of the molecule is C=C/C=C\C(=C/CCC)N1CCCC1.CC. The number of likely N-dealkylation sites (tertiary alicyclic amines) is 1. The van der Waals surface area contributed by atoms with E-state index >= 15 is 0 Å². The molecule has 0 atom stereocenters. The molecule has 0 aliphatic carbocycles. The van der Waals surface area contributed by atoms with Crippen LogP contribution in [0.25, 0.3) is 0 Å². The number of allylic oxidation sites excluding steroid dienone is 4. The van der Waals surface area contributed by atoms with Crippen molar-refractivity contribution in [2.75, 3.05) is 13.1 Å². The van der Waals surface area contributed by atoms with Crippen LogP contribution in [-0.4, -0.2) is 18.0 Å². The molecule has 1 aliphatic rings. The van der Waals surface area contributed by atoms with Gasteiger partial charge in [0.15, 0.2) is 0 Å². The van der Waals surface area contributed by atoms with Crippen LogP contribution < -0.4 is 0 Å². The molecule has 0 saturated carbocycles. The second kappa shape index (κ2) is 10.5. The molecule has 0 N–H and O–H groups in total. The molecule has 0 spiro atoms. The Balaban J connectivity index is 0.00000106. The molecule has 1 nitrogen and oxygen atoms in total. The van der Waals surface area contributed by atoms with E-state index in [1.807, 2.05) is 26.0 Å². The van der Waals surface area contributed by atoms with Gasteiger partial charge in [-0.05, 0) is 25.3 Å². The van der Waals surface area contributed by atoms with Gasteiger partial charge < -0.3 is 4.90 Å². The van der Waals surface area contributed by atoms with Crippen molar-refractivity contribution in [1.82, 2.24) is 4.90 Å². The zero-order valence-corrected chi connectivity index (χ0v) is 11.2. The zero-order valence-electron chi connectivity index (χ0n) is 11.2. The van der Waals surface area contributed by atoms with E-state index in [0.29, 0.717) is 0 Å². The Labute approximate surface area is 102 Å². The minimum absolute atomic E-state index is 1.17. The van der Waals surface area contributed by atoms with Crippen molar-refractivity contribution in [2.45, 2.75) is 46.5 Å². The van der Waals surface area contributed by atoms with Crippen LogP contribution in [0, 0.1) is 0 Å². The van der Waals surface area contributed by atoms with Gasteiger partial charge in [0.05, 0.1) is 0 Å². The van der Waals surface area contributed by atoms with Crippen molar-refractivity contribution < 1.29 is 0 Å². The van der Waals surface area contributed by atoms with Crippen LogP contribution in [0.2, 0.25) is 0 Å². The Morgan fingerprint density at radius 2 is 1.88 bits per heavy atom. The van der Waals surface area contributed by atoms with Crippen molar-refractivity contribution in [3.63, 3.8) is 0 Å². The standard InChI is InChI=1S/C13H21N.C2H6/c1-3-5-9-13(10-6-4-2)14-11-7-8-12-14;1-2/h3,5,9-10H,1,4,6-8,11-12H2,2H3;1-2H3/b9-5-,13-10+;. The van der Waals surface area contributed by atoms with E-state index in [1.165, 1.54) is 44.5 Å². The van der Waals surface area contributed by atoms with Crippen LogP contribution in [0.3, 0.4) is 0 Å². The topological polar surface area (TPSA) is 3.24 Å². The summed E-state index contributed by atoms with van der Waals surface area (Å²) < 4.78 is 0. The molecule has 0 amide bonds. The summed E-state index contributed by atoms with van der Waals surface area (Å²) in [6.45, 7) is 12.4. The van der Waals surface area contributed by atoms with Crippen molar-refractivity contribution in [3.05, 3.63) is 36.6 Å². The number of unbranched alkanes of at least 4 members (excludes halogenated alkanes) is 1. The Morgan fingerprint density at radius 1 is 1.25 bits per heavy atom. The van der Waals surface area contributed by atoms with Gasteiger partial charge in [-0.25, -0.2) is 0 Å². The lowest BCUT2D eigenvalue weighted by molar-refractivity contribution is 0.438. The first-order valence-electron chi connectivity index (χ1n) is 6.62. The fourth-order valence-corrected chi connectivity index (χ4v) is 1.74. The largest absolute Gasteiger partial charge is 0.372 e. The van der Waals surface area contributed by atoms with E-state index in [2.05, 4.69) is 30.6 Å². The van der Waals surface area contributed by atoms with Gasteiger partial charge in [-0.15, -0.1) is 0 Å². The average Bonchev–Trinajstić information content (AvgIpc) is 2.86. The highest BCUT2D eigenvalue weighted by Crippen LogP contribution is 2.16. The Bertz CT molecular complexity index is 220. The fraction of sp³-hybridized carbons (Fsp3) is 0.600. The van der Waals surface area contributed by atoms with Gasteiger partial charge in [-0.2, -0.15) is 0 Å². The number of hydrogen-bond donors (Lipinski definition) is 0. The second-order valence-corrected chi connectivity index (χ2v) is 3.71. The molecule has 1 fully saturated rings. The molecule has 1 rings (SSSR count). The summed E-state index contributed by atoms with van der Waals surface area (Å²) in [4.78, 5) is 2.47. The molecule has 0 aromatic carbocycles. The van der Waals surface area contributed by atoms with Gasteiger partial charge in [0, 0.05) is 18.8 Å². The minimum Gasteiger partial charge on any atom is -0.372 e. The Hall–Kier alpha value is -0.980. The van der Waals surface area contributed by atoms with Crippen LogP contribution in [0.15, 0.2) is 36.6 Å². The first-order chi connectivity index (χ1) is 7.88. The maximum absolute atomic E-state index is 3.71. The van der Waals surface area contributed by atoms with E-state index < -0.39 is 0 Å². The van der Waals surface area contributed by atoms with Gasteiger partial charge in [-0.3, -0.25) is 0 Å². The summed E-state index contributed by atoms with van der Waals surface area (Å²) in [5.41, 5.74) is 1.38. The molecule has 0 radical (unpaired) electrons. The smallest absolute Gasteiger partial charge is 0.0325 e. The predicted molar refractivity (Wildman–Crippen MR) is 74.5 cm³/mol. The monoisotopic (exact) mass is 221 g/mol. The molecule has 1 heteroatoms. The first kappa shape index (κ1) is 15.0. The molecule has 0 aromatic heterocycles. The van der Waals surface area contributed by atoms with Gasteiger partial charge in [0.2, 0.25) is 0 Å². The van der Waals surface area contributed by atoms with Crippen LogP contribution in [0.4, 0.5) is 0 Å². The van der Waals surface area contributed by atoms with Crippen molar-refractivity contribution in [3.8, 4) is 0 Å². The zero-order chi connectivity index (χ0) is 12.2. The third kappa shape index (κ3) is 5.79. The molecule has 0 unspecified atom stereocenters. The molecule has 1 heterocycles. The average molecular weight is 221 g/mol. The first-order valence-corrected chi connectivity index (χ1v) is 6.62. The van der Waals surface area contributed by atoms with E-state index in [4.69, 9.17) is 0 Å². The third-order valence-electron chi connectivity index (χ3n) is 2.52. The fourth-order valence-electron chi connectivity index (χ4n) is 1.74. The molecule has 1 saturated heterocycles. The summed E-state index contributed by atoms with van der Waals surface area (Å²) in [6.07, 6.45) is 13.5. The van der Waals surface area contributed by atoms with Crippen molar-refractivity contribution in [1.29, 1.82) is 0 Å². The molecule has 16 heavy (non-hydrogen) atoms. The van der Waals surface area contributed by atoms with Gasteiger partial charge in [-0.1, -0.05) is 52.0 Å². The van der Waals surface area contributed by atoms with Crippen LogP contribution >= 0.6 is 0 Å². The van der Waals surface area contributed by atoms with Crippen LogP contribution in [0.1, 0.15) is 46.5 Å². The molecule has 0 aromatic rings. The normalized spacial score (nSPS) is 16.2. The Morgan fingerprint density at radius 3 is 2.38 bits per heavy atom. The molecule has 92 valence electrons. The summed E-state index contributed by atoms with van der Waals surface area (Å²) in [5.74, 6) is 0. The van der Waals surface area contributed by atoms with Gasteiger partial charge in [0.25, 0.3) is 0 Å².